The first-order valence-corrected chi connectivity index (χ1v) is 10.3. The number of alkyl halides is 3. The molecule has 0 aliphatic heterocycles. The molecule has 1 atom stereocenters. The van der Waals surface area contributed by atoms with Crippen molar-refractivity contribution in [1.82, 2.24) is 19.7 Å². The number of carbonyl (C=O) groups excluding carboxylic acids is 1. The smallest absolute Gasteiger partial charge is 0.348 e. The predicted molar refractivity (Wildman–Crippen MR) is 117 cm³/mol. The van der Waals surface area contributed by atoms with Gasteiger partial charge in [0.25, 0.3) is 11.5 Å². The molecule has 1 amide bonds. The molecule has 0 radical (unpaired) electrons. The first-order valence-electron chi connectivity index (χ1n) is 10.3. The Morgan fingerprint density at radius 3 is 2.36 bits per heavy atom. The molecule has 10 heteroatoms. The normalized spacial score (nSPS) is 12.4. The minimum Gasteiger partial charge on any atom is -0.348 e. The van der Waals surface area contributed by atoms with Crippen LogP contribution in [0.3, 0.4) is 0 Å². The molecule has 0 aliphatic carbocycles. The molecule has 0 unspecified atom stereocenters. The van der Waals surface area contributed by atoms with Gasteiger partial charge in [0.1, 0.15) is 0 Å². The highest BCUT2D eigenvalue weighted by molar-refractivity contribution is 5.91. The molecule has 0 saturated carbocycles. The molecule has 33 heavy (non-hydrogen) atoms. The van der Waals surface area contributed by atoms with Gasteiger partial charge in [-0.15, -0.1) is 0 Å². The van der Waals surface area contributed by atoms with E-state index in [-0.39, 0.29) is 18.2 Å². The number of carbonyl (C=O) groups is 1. The Morgan fingerprint density at radius 2 is 1.79 bits per heavy atom. The van der Waals surface area contributed by atoms with Gasteiger partial charge in [0.2, 0.25) is 5.69 Å². The van der Waals surface area contributed by atoms with Gasteiger partial charge in [-0.1, -0.05) is 31.2 Å². The minimum atomic E-state index is -4.51. The summed E-state index contributed by atoms with van der Waals surface area (Å²) in [6, 6.07) is 10.7. The van der Waals surface area contributed by atoms with Crippen molar-refractivity contribution in [3.05, 3.63) is 91.8 Å². The molecule has 3 rings (SSSR count). The lowest BCUT2D eigenvalue weighted by molar-refractivity contribution is -0.137. The van der Waals surface area contributed by atoms with Gasteiger partial charge >= 0.3 is 11.9 Å². The average molecular weight is 460 g/mol. The molecule has 0 bridgehead atoms. The second-order valence-corrected chi connectivity index (χ2v) is 7.75. The first-order chi connectivity index (χ1) is 15.5. The highest BCUT2D eigenvalue weighted by atomic mass is 19.4. The molecule has 174 valence electrons. The summed E-state index contributed by atoms with van der Waals surface area (Å²) in [6.07, 6.45) is -3.89. The molecule has 1 aromatic heterocycles. The van der Waals surface area contributed by atoms with E-state index in [2.05, 4.69) is 10.4 Å². The number of amides is 1. The van der Waals surface area contributed by atoms with Crippen molar-refractivity contribution in [2.75, 3.05) is 0 Å². The third-order valence-electron chi connectivity index (χ3n) is 5.13. The number of nitrogens with zero attached hydrogens (tertiary/aromatic N) is 3. The van der Waals surface area contributed by atoms with Crippen LogP contribution in [0.1, 0.15) is 47.4 Å². The second-order valence-electron chi connectivity index (χ2n) is 7.75. The summed E-state index contributed by atoms with van der Waals surface area (Å²) in [4.78, 5) is 38.9. The van der Waals surface area contributed by atoms with Crippen molar-refractivity contribution >= 4 is 5.91 Å². The van der Waals surface area contributed by atoms with Gasteiger partial charge in [-0.25, -0.2) is 4.79 Å². The van der Waals surface area contributed by atoms with E-state index < -0.39 is 34.6 Å². The van der Waals surface area contributed by atoms with Crippen LogP contribution in [0, 0.1) is 6.92 Å². The quantitative estimate of drug-likeness (QED) is 0.612. The third kappa shape index (κ3) is 5.39. The molecule has 0 spiro atoms. The van der Waals surface area contributed by atoms with Crippen molar-refractivity contribution in [2.24, 2.45) is 0 Å². The summed E-state index contributed by atoms with van der Waals surface area (Å²) in [5.74, 6) is -0.739. The molecule has 0 fully saturated rings. The largest absolute Gasteiger partial charge is 0.416 e. The van der Waals surface area contributed by atoms with E-state index >= 15 is 0 Å². The molecule has 3 aromatic rings. The van der Waals surface area contributed by atoms with Gasteiger partial charge in [-0.2, -0.15) is 23.0 Å². The molecule has 0 saturated heterocycles. The SMILES string of the molecule is CC[C@@H](C)NC(=O)c1nn(-c2cccc(C)c2)c(=O)n(Cc2ccc(C(F)(F)F)cc2)c1=O. The van der Waals surface area contributed by atoms with Crippen molar-refractivity contribution in [3.8, 4) is 5.69 Å². The molecule has 7 nitrogen and oxygen atoms in total. The fourth-order valence-electron chi connectivity index (χ4n) is 3.10. The Bertz CT molecular complexity index is 1280. The number of aromatic nitrogens is 3. The summed E-state index contributed by atoms with van der Waals surface area (Å²) in [7, 11) is 0. The summed E-state index contributed by atoms with van der Waals surface area (Å²) in [5, 5.41) is 6.69. The highest BCUT2D eigenvalue weighted by Crippen LogP contribution is 2.29. The highest BCUT2D eigenvalue weighted by Gasteiger charge is 2.30. The molecular formula is C23H23F3N4O3. The van der Waals surface area contributed by atoms with Crippen LogP contribution < -0.4 is 16.6 Å². The Labute approximate surface area is 187 Å². The van der Waals surface area contributed by atoms with E-state index in [1.807, 2.05) is 19.9 Å². The van der Waals surface area contributed by atoms with Gasteiger partial charge in [0, 0.05) is 6.04 Å². The number of benzene rings is 2. The number of hydrogen-bond acceptors (Lipinski definition) is 4. The lowest BCUT2D eigenvalue weighted by atomic mass is 10.1. The maximum Gasteiger partial charge on any atom is 0.416 e. The summed E-state index contributed by atoms with van der Waals surface area (Å²) in [5.41, 5.74) is -1.61. The molecule has 1 heterocycles. The van der Waals surface area contributed by atoms with Crippen LogP contribution in [-0.2, 0) is 12.7 Å². The minimum absolute atomic E-state index is 0.235. The van der Waals surface area contributed by atoms with Gasteiger partial charge in [-0.05, 0) is 55.7 Å². The fraction of sp³-hybridized carbons (Fsp3) is 0.304. The Morgan fingerprint density at radius 1 is 1.12 bits per heavy atom. The van der Waals surface area contributed by atoms with Gasteiger partial charge < -0.3 is 5.32 Å². The molecule has 0 aliphatic rings. The van der Waals surface area contributed by atoms with Crippen LogP contribution >= 0.6 is 0 Å². The Hall–Kier alpha value is -3.69. The maximum atomic E-state index is 13.1. The second kappa shape index (κ2) is 9.43. The third-order valence-corrected chi connectivity index (χ3v) is 5.13. The predicted octanol–water partition coefficient (Wildman–Crippen LogP) is 3.30. The number of nitrogens with one attached hydrogen (secondary N) is 1. The van der Waals surface area contributed by atoms with Crippen LogP contribution in [-0.4, -0.2) is 26.3 Å². The fourth-order valence-corrected chi connectivity index (χ4v) is 3.10. The topological polar surface area (TPSA) is 86.0 Å². The average Bonchev–Trinajstić information content (AvgIpc) is 2.76. The van der Waals surface area contributed by atoms with Crippen LogP contribution in [0.5, 0.6) is 0 Å². The lowest BCUT2D eigenvalue weighted by Crippen LogP contribution is -2.47. The van der Waals surface area contributed by atoms with Crippen LogP contribution in [0.15, 0.2) is 58.1 Å². The van der Waals surface area contributed by atoms with E-state index in [0.717, 1.165) is 26.9 Å². The number of halogens is 3. The van der Waals surface area contributed by atoms with E-state index in [1.54, 1.807) is 25.1 Å². The number of hydrogen-bond donors (Lipinski definition) is 1. The molecule has 2 aromatic carbocycles. The van der Waals surface area contributed by atoms with E-state index in [4.69, 9.17) is 0 Å². The van der Waals surface area contributed by atoms with Crippen molar-refractivity contribution in [3.63, 3.8) is 0 Å². The zero-order chi connectivity index (χ0) is 24.3. The van der Waals surface area contributed by atoms with E-state index in [0.29, 0.717) is 12.1 Å². The molecule has 1 N–H and O–H groups in total. The van der Waals surface area contributed by atoms with Crippen LogP contribution in [0.2, 0.25) is 0 Å². The van der Waals surface area contributed by atoms with Gasteiger partial charge in [-0.3, -0.25) is 14.2 Å². The Kier molecular flexibility index (Phi) is 6.85. The molecular weight excluding hydrogens is 437 g/mol. The maximum absolute atomic E-state index is 13.1. The van der Waals surface area contributed by atoms with Crippen molar-refractivity contribution in [1.29, 1.82) is 0 Å². The first kappa shape index (κ1) is 24.0. The Balaban J connectivity index is 2.14. The van der Waals surface area contributed by atoms with Crippen LogP contribution in [0.25, 0.3) is 5.69 Å². The summed E-state index contributed by atoms with van der Waals surface area (Å²) >= 11 is 0. The van der Waals surface area contributed by atoms with Crippen molar-refractivity contribution < 1.29 is 18.0 Å². The summed E-state index contributed by atoms with van der Waals surface area (Å²) in [6.45, 7) is 5.10. The lowest BCUT2D eigenvalue weighted by Gasteiger charge is -2.15. The van der Waals surface area contributed by atoms with Gasteiger partial charge in [0.05, 0.1) is 17.8 Å². The zero-order valence-electron chi connectivity index (χ0n) is 18.3. The summed E-state index contributed by atoms with van der Waals surface area (Å²) < 4.78 is 40.3. The van der Waals surface area contributed by atoms with Crippen LogP contribution in [0.4, 0.5) is 13.2 Å². The van der Waals surface area contributed by atoms with E-state index in [9.17, 15) is 27.6 Å². The van der Waals surface area contributed by atoms with Gasteiger partial charge in [0.15, 0.2) is 0 Å². The standard InChI is InChI=1S/C23H23F3N4O3/c1-4-15(3)27-20(31)19-21(32)29(13-16-8-10-17(11-9-16)23(24,25)26)22(33)30(28-19)18-7-5-6-14(2)12-18/h5-12,15H,4,13H2,1-3H3,(H,27,31)/t15-/m1/s1. The monoisotopic (exact) mass is 460 g/mol. The number of rotatable bonds is 6. The zero-order valence-corrected chi connectivity index (χ0v) is 18.3. The van der Waals surface area contributed by atoms with E-state index in [1.165, 1.54) is 12.1 Å². The number of aryl methyl sites for hydroxylation is 1. The van der Waals surface area contributed by atoms with Crippen molar-refractivity contribution in [2.45, 2.75) is 46.0 Å².